The van der Waals surface area contributed by atoms with Crippen molar-refractivity contribution in [2.75, 3.05) is 36.9 Å². The number of methoxy groups -OCH3 is 1. The molecule has 2 amide bonds. The van der Waals surface area contributed by atoms with E-state index in [4.69, 9.17) is 14.2 Å². The van der Waals surface area contributed by atoms with Gasteiger partial charge in [-0.2, -0.15) is 0 Å². The van der Waals surface area contributed by atoms with Gasteiger partial charge in [-0.05, 0) is 56.5 Å². The number of ether oxygens (including phenoxy) is 3. The van der Waals surface area contributed by atoms with Crippen LogP contribution in [0.3, 0.4) is 0 Å². The highest BCUT2D eigenvalue weighted by Crippen LogP contribution is 2.35. The maximum absolute atomic E-state index is 13.8. The highest BCUT2D eigenvalue weighted by Gasteiger charge is 2.32. The largest absolute Gasteiger partial charge is 0.497 e. The number of fused-ring (bicyclic) bond motifs is 1. The topological polar surface area (TPSA) is 114 Å². The molecule has 2 aliphatic rings. The second kappa shape index (κ2) is 12.6. The van der Waals surface area contributed by atoms with E-state index < -0.39 is 28.5 Å². The van der Waals surface area contributed by atoms with Crippen LogP contribution in [0.4, 0.5) is 5.69 Å². The molecule has 39 heavy (non-hydrogen) atoms. The first-order chi connectivity index (χ1) is 18.7. The van der Waals surface area contributed by atoms with Gasteiger partial charge in [0.1, 0.15) is 31.5 Å². The van der Waals surface area contributed by atoms with Gasteiger partial charge in [0, 0.05) is 18.7 Å². The molecule has 2 aromatic carbocycles. The molecule has 4 rings (SSSR count). The molecule has 0 spiro atoms. The van der Waals surface area contributed by atoms with Crippen LogP contribution in [0.1, 0.15) is 45.1 Å². The molecule has 0 saturated heterocycles. The Bertz CT molecular complexity index is 1260. The second-order valence-electron chi connectivity index (χ2n) is 9.77. The molecule has 1 heterocycles. The number of anilines is 1. The van der Waals surface area contributed by atoms with Crippen molar-refractivity contribution in [3.8, 4) is 17.2 Å². The van der Waals surface area contributed by atoms with Crippen LogP contribution in [-0.4, -0.2) is 69.8 Å². The predicted molar refractivity (Wildman–Crippen MR) is 148 cm³/mol. The summed E-state index contributed by atoms with van der Waals surface area (Å²) in [6, 6.07) is 11.3. The summed E-state index contributed by atoms with van der Waals surface area (Å²) in [5.41, 5.74) is 1.08. The van der Waals surface area contributed by atoms with E-state index in [9.17, 15) is 18.0 Å². The monoisotopic (exact) mass is 559 g/mol. The average Bonchev–Trinajstić information content (AvgIpc) is 3.47. The smallest absolute Gasteiger partial charge is 0.244 e. The van der Waals surface area contributed by atoms with Crippen LogP contribution in [0.25, 0.3) is 0 Å². The number of hydrogen-bond donors (Lipinski definition) is 1. The van der Waals surface area contributed by atoms with Crippen LogP contribution in [0.2, 0.25) is 0 Å². The molecule has 0 bridgehead atoms. The van der Waals surface area contributed by atoms with Crippen molar-refractivity contribution in [2.24, 2.45) is 0 Å². The number of carbonyl (C=O) groups excluding carboxylic acids is 2. The lowest BCUT2D eigenvalue weighted by Gasteiger charge is -2.32. The molecular weight excluding hydrogens is 522 g/mol. The third kappa shape index (κ3) is 6.95. The minimum atomic E-state index is -3.84. The van der Waals surface area contributed by atoms with Crippen molar-refractivity contribution in [2.45, 2.75) is 58.2 Å². The molecule has 1 aliphatic carbocycles. The number of carbonyl (C=O) groups is 2. The number of benzene rings is 2. The van der Waals surface area contributed by atoms with E-state index in [2.05, 4.69) is 5.32 Å². The van der Waals surface area contributed by atoms with E-state index >= 15 is 0 Å². The summed E-state index contributed by atoms with van der Waals surface area (Å²) in [6.07, 6.45) is 3.95. The van der Waals surface area contributed by atoms with Crippen LogP contribution >= 0.6 is 0 Å². The van der Waals surface area contributed by atoms with Gasteiger partial charge in [0.2, 0.25) is 21.8 Å². The first kappa shape index (κ1) is 28.5. The molecule has 1 N–H and O–H groups in total. The Kier molecular flexibility index (Phi) is 9.21. The van der Waals surface area contributed by atoms with Gasteiger partial charge in [-0.15, -0.1) is 0 Å². The van der Waals surface area contributed by atoms with E-state index in [1.165, 1.54) is 11.8 Å². The number of rotatable bonds is 11. The number of nitrogens with zero attached hydrogens (tertiary/aromatic N) is 2. The van der Waals surface area contributed by atoms with Gasteiger partial charge in [0.25, 0.3) is 0 Å². The van der Waals surface area contributed by atoms with Crippen molar-refractivity contribution in [1.29, 1.82) is 0 Å². The van der Waals surface area contributed by atoms with E-state index in [1.807, 2.05) is 12.1 Å². The van der Waals surface area contributed by atoms with Gasteiger partial charge in [0.15, 0.2) is 11.5 Å². The second-order valence-corrected chi connectivity index (χ2v) is 12.0. The number of nitrogens with one attached hydrogen (secondary N) is 1. The molecule has 0 unspecified atom stereocenters. The van der Waals surface area contributed by atoms with Gasteiger partial charge >= 0.3 is 0 Å². The summed E-state index contributed by atoms with van der Waals surface area (Å²) in [5, 5.41) is 3.06. The molecule has 212 valence electrons. The lowest BCUT2D eigenvalue weighted by Crippen LogP contribution is -2.52. The highest BCUT2D eigenvalue weighted by molar-refractivity contribution is 7.92. The number of sulfonamides is 1. The average molecular weight is 560 g/mol. The quantitative estimate of drug-likeness (QED) is 0.450. The summed E-state index contributed by atoms with van der Waals surface area (Å²) in [5.74, 6) is 0.651. The zero-order valence-corrected chi connectivity index (χ0v) is 23.5. The summed E-state index contributed by atoms with van der Waals surface area (Å²) >= 11 is 0. The molecule has 0 aromatic heterocycles. The Hall–Kier alpha value is -3.47. The summed E-state index contributed by atoms with van der Waals surface area (Å²) < 4.78 is 43.9. The predicted octanol–water partition coefficient (Wildman–Crippen LogP) is 3.10. The van der Waals surface area contributed by atoms with Crippen LogP contribution in [-0.2, 0) is 26.2 Å². The highest BCUT2D eigenvalue weighted by atomic mass is 32.2. The van der Waals surface area contributed by atoms with Crippen LogP contribution < -0.4 is 23.8 Å². The van der Waals surface area contributed by atoms with Crippen LogP contribution in [0, 0.1) is 0 Å². The fraction of sp³-hybridized carbons (Fsp3) is 0.500. The summed E-state index contributed by atoms with van der Waals surface area (Å²) in [6.45, 7) is 3.62. The van der Waals surface area contributed by atoms with Crippen molar-refractivity contribution >= 4 is 27.5 Å². The normalized spacial score (nSPS) is 15.9. The summed E-state index contributed by atoms with van der Waals surface area (Å²) in [7, 11) is -2.27. The lowest BCUT2D eigenvalue weighted by molar-refractivity contribution is -0.139. The Morgan fingerprint density at radius 1 is 1.05 bits per heavy atom. The van der Waals surface area contributed by atoms with Crippen molar-refractivity contribution in [3.05, 3.63) is 48.0 Å². The molecule has 2 aromatic rings. The number of hydrogen-bond acceptors (Lipinski definition) is 7. The first-order valence-corrected chi connectivity index (χ1v) is 15.0. The molecule has 0 radical (unpaired) electrons. The van der Waals surface area contributed by atoms with Crippen molar-refractivity contribution in [1.82, 2.24) is 10.2 Å². The SMILES string of the molecule is CCS(=O)(=O)N(CC(=O)N(Cc1ccc(OC)cc1)[C@H](C)C(=O)NC1CCCC1)c1ccc2c(c1)OCCO2. The van der Waals surface area contributed by atoms with E-state index in [1.54, 1.807) is 44.4 Å². The Balaban J connectivity index is 1.61. The van der Waals surface area contributed by atoms with Crippen molar-refractivity contribution in [3.63, 3.8) is 0 Å². The molecule has 1 fully saturated rings. The van der Waals surface area contributed by atoms with Crippen LogP contribution in [0.15, 0.2) is 42.5 Å². The minimum Gasteiger partial charge on any atom is -0.497 e. The minimum absolute atomic E-state index is 0.0903. The lowest BCUT2D eigenvalue weighted by atomic mass is 10.1. The Morgan fingerprint density at radius 3 is 2.36 bits per heavy atom. The molecule has 10 nitrogen and oxygen atoms in total. The Labute approximate surface area is 230 Å². The first-order valence-electron chi connectivity index (χ1n) is 13.3. The van der Waals surface area contributed by atoms with E-state index in [0.717, 1.165) is 35.6 Å². The molecule has 1 atom stereocenters. The zero-order valence-electron chi connectivity index (χ0n) is 22.7. The third-order valence-electron chi connectivity index (χ3n) is 7.17. The molecule has 1 aliphatic heterocycles. The maximum Gasteiger partial charge on any atom is 0.244 e. The third-order valence-corrected chi connectivity index (χ3v) is 8.92. The van der Waals surface area contributed by atoms with Crippen LogP contribution in [0.5, 0.6) is 17.2 Å². The van der Waals surface area contributed by atoms with E-state index in [-0.39, 0.29) is 24.2 Å². The molecule has 1 saturated carbocycles. The number of amides is 2. The summed E-state index contributed by atoms with van der Waals surface area (Å²) in [4.78, 5) is 28.5. The standard InChI is InChI=1S/C28H37N3O7S/c1-4-39(34,35)31(23-11-14-25-26(17-23)38-16-15-37-25)19-27(32)30(18-21-9-12-24(36-3)13-10-21)20(2)28(33)29-22-7-5-6-8-22/h9-14,17,20,22H,4-8,15-16,18-19H2,1-3H3,(H,29,33)/t20-/m1/s1. The molecule has 11 heteroatoms. The Morgan fingerprint density at radius 2 is 1.72 bits per heavy atom. The van der Waals surface area contributed by atoms with Gasteiger partial charge in [-0.3, -0.25) is 13.9 Å². The van der Waals surface area contributed by atoms with E-state index in [0.29, 0.717) is 36.1 Å². The molecular formula is C28H37N3O7S. The van der Waals surface area contributed by atoms with Gasteiger partial charge in [-0.25, -0.2) is 8.42 Å². The van der Waals surface area contributed by atoms with Crippen molar-refractivity contribution < 1.29 is 32.2 Å². The zero-order chi connectivity index (χ0) is 28.0. The van der Waals surface area contributed by atoms with Gasteiger partial charge in [-0.1, -0.05) is 25.0 Å². The fourth-order valence-electron chi connectivity index (χ4n) is 4.81. The fourth-order valence-corrected chi connectivity index (χ4v) is 5.86. The van der Waals surface area contributed by atoms with Gasteiger partial charge in [0.05, 0.1) is 18.6 Å². The maximum atomic E-state index is 13.8. The van der Waals surface area contributed by atoms with Gasteiger partial charge < -0.3 is 24.4 Å².